The van der Waals surface area contributed by atoms with E-state index in [-0.39, 0.29) is 18.2 Å². The zero-order chi connectivity index (χ0) is 34.0. The molecule has 0 aliphatic carbocycles. The summed E-state index contributed by atoms with van der Waals surface area (Å²) in [5.74, 6) is -0.181. The van der Waals surface area contributed by atoms with Crippen molar-refractivity contribution in [2.75, 3.05) is 0 Å². The van der Waals surface area contributed by atoms with Gasteiger partial charge in [0.25, 0.3) is 0 Å². The van der Waals surface area contributed by atoms with Crippen LogP contribution in [-0.2, 0) is 20.8 Å². The molecule has 1 atom stereocenters. The van der Waals surface area contributed by atoms with E-state index in [0.29, 0.717) is 19.3 Å². The summed E-state index contributed by atoms with van der Waals surface area (Å²) in [6.45, 7) is 20.2. The van der Waals surface area contributed by atoms with Gasteiger partial charge in [-0.25, -0.2) is 9.97 Å². The number of nitrogens with zero attached hydrogens (tertiary/aromatic N) is 2. The maximum absolute atomic E-state index is 13.0. The van der Waals surface area contributed by atoms with Gasteiger partial charge < -0.3 is 24.9 Å². The second-order valence-corrected chi connectivity index (χ2v) is 12.6. The van der Waals surface area contributed by atoms with Crippen LogP contribution < -0.4 is 5.32 Å². The molecule has 0 fully saturated rings. The van der Waals surface area contributed by atoms with E-state index in [0.717, 1.165) is 102 Å². The molecule has 3 N–H and O–H groups in total. The lowest BCUT2D eigenvalue weighted by Crippen LogP contribution is -2.39. The molecule has 2 aliphatic heterocycles. The number of rotatable bonds is 11. The van der Waals surface area contributed by atoms with Gasteiger partial charge in [0, 0.05) is 46.0 Å². The van der Waals surface area contributed by atoms with Gasteiger partial charge >= 0.3 is 0 Å². The largest absolute Gasteiger partial charge is 0.355 e. The standard InChI is InChI=1S/C39H43N5O3/c1-9-26-22(5)30-16-31-24(7)28(12-11-15-45)36(42-31)19-37-29(13-14-39(47)44-38(20-46)21(3)4)25(8)33(43-37)18-35-27(10-2)23(6)32(41-35)17-34(26)40-30/h9-10,15-21,38,40,43H,1-2,11-14H2,3-8H3,(H,44,47). The highest BCUT2D eigenvalue weighted by Gasteiger charge is 2.21. The molecule has 3 aromatic rings. The third-order valence-corrected chi connectivity index (χ3v) is 9.35. The molecule has 5 heterocycles. The number of H-pyrrole nitrogens is 2. The van der Waals surface area contributed by atoms with E-state index in [1.165, 1.54) is 0 Å². The second-order valence-electron chi connectivity index (χ2n) is 12.6. The molecule has 2 aliphatic rings. The van der Waals surface area contributed by atoms with Gasteiger partial charge in [-0.05, 0) is 104 Å². The molecule has 8 nitrogen and oxygen atoms in total. The van der Waals surface area contributed by atoms with Gasteiger partial charge in [-0.1, -0.05) is 39.2 Å². The summed E-state index contributed by atoms with van der Waals surface area (Å²) < 4.78 is 0. The number of nitrogens with one attached hydrogen (secondary N) is 3. The summed E-state index contributed by atoms with van der Waals surface area (Å²) in [6.07, 6.45) is 7.02. The van der Waals surface area contributed by atoms with Crippen LogP contribution in [0.4, 0.5) is 0 Å². The lowest BCUT2D eigenvalue weighted by atomic mass is 10.0. The fourth-order valence-corrected chi connectivity index (χ4v) is 6.36. The normalized spacial score (nSPS) is 13.6. The predicted molar refractivity (Wildman–Crippen MR) is 192 cm³/mol. The Bertz CT molecular complexity index is 2040. The first-order chi connectivity index (χ1) is 22.5. The quantitative estimate of drug-likeness (QED) is 0.186. The van der Waals surface area contributed by atoms with Gasteiger partial charge in [0.1, 0.15) is 12.6 Å². The molecular formula is C39H43N5O3. The number of aromatic amines is 2. The number of aryl methyl sites for hydroxylation is 3. The highest BCUT2D eigenvalue weighted by Crippen LogP contribution is 2.36. The van der Waals surface area contributed by atoms with Gasteiger partial charge in [-0.15, -0.1) is 0 Å². The molecule has 1 unspecified atom stereocenters. The van der Waals surface area contributed by atoms with Crippen molar-refractivity contribution in [2.24, 2.45) is 5.92 Å². The lowest BCUT2D eigenvalue weighted by molar-refractivity contribution is -0.124. The van der Waals surface area contributed by atoms with Gasteiger partial charge in [-0.2, -0.15) is 0 Å². The zero-order valence-electron chi connectivity index (χ0n) is 28.1. The van der Waals surface area contributed by atoms with Crippen LogP contribution in [0.1, 0.15) is 92.0 Å². The molecule has 0 spiro atoms. The van der Waals surface area contributed by atoms with Crippen molar-refractivity contribution >= 4 is 68.9 Å². The van der Waals surface area contributed by atoms with Crippen molar-refractivity contribution in [1.29, 1.82) is 0 Å². The topological polar surface area (TPSA) is 121 Å². The van der Waals surface area contributed by atoms with Gasteiger partial charge in [0.2, 0.25) is 5.91 Å². The third kappa shape index (κ3) is 6.45. The first kappa shape index (κ1) is 33.3. The van der Waals surface area contributed by atoms with Crippen LogP contribution in [0.3, 0.4) is 0 Å². The molecule has 0 saturated carbocycles. The van der Waals surface area contributed by atoms with Crippen LogP contribution >= 0.6 is 0 Å². The highest BCUT2D eigenvalue weighted by molar-refractivity contribution is 5.98. The SMILES string of the molecule is C=CC1=C(C)c2cc3[nH]c(cc4nc(cc5[nH]c(cc1n2)c(C)c5CCC(=O)NC(C=O)C(C)C)C(CCC=O)=C4C)c(C)c3C=C. The summed E-state index contributed by atoms with van der Waals surface area (Å²) in [6, 6.07) is 7.62. The maximum Gasteiger partial charge on any atom is 0.220 e. The number of carbonyl (C=O) groups is 3. The third-order valence-electron chi connectivity index (χ3n) is 9.35. The van der Waals surface area contributed by atoms with Crippen LogP contribution in [0.15, 0.2) is 43.5 Å². The van der Waals surface area contributed by atoms with Crippen LogP contribution in [0.5, 0.6) is 0 Å². The number of carbonyl (C=O) groups excluding carboxylic acids is 3. The van der Waals surface area contributed by atoms with Crippen LogP contribution in [0, 0.1) is 19.8 Å². The van der Waals surface area contributed by atoms with E-state index in [9.17, 15) is 14.4 Å². The van der Waals surface area contributed by atoms with Crippen molar-refractivity contribution < 1.29 is 14.4 Å². The molecule has 3 aromatic heterocycles. The van der Waals surface area contributed by atoms with E-state index in [1.807, 2.05) is 65.0 Å². The van der Waals surface area contributed by atoms with Crippen molar-refractivity contribution in [3.63, 3.8) is 0 Å². The molecule has 5 rings (SSSR count). The first-order valence-electron chi connectivity index (χ1n) is 16.1. The summed E-state index contributed by atoms with van der Waals surface area (Å²) in [4.78, 5) is 53.3. The first-order valence-corrected chi connectivity index (χ1v) is 16.1. The fourth-order valence-electron chi connectivity index (χ4n) is 6.36. The van der Waals surface area contributed by atoms with Crippen molar-refractivity contribution in [2.45, 2.75) is 73.3 Å². The molecular weight excluding hydrogens is 586 g/mol. The average Bonchev–Trinajstić information content (AvgIpc) is 3.70. The molecule has 0 radical (unpaired) electrons. The number of fused-ring (bicyclic) bond motifs is 8. The minimum Gasteiger partial charge on any atom is -0.355 e. The number of hydrogen-bond acceptors (Lipinski definition) is 5. The van der Waals surface area contributed by atoms with Crippen LogP contribution in [0.25, 0.3) is 50.4 Å². The van der Waals surface area contributed by atoms with Crippen LogP contribution in [-0.4, -0.2) is 44.5 Å². The number of amides is 1. The average molecular weight is 630 g/mol. The summed E-state index contributed by atoms with van der Waals surface area (Å²) in [5.41, 5.74) is 14.7. The Labute approximate surface area is 275 Å². The minimum absolute atomic E-state index is 0.000311. The van der Waals surface area contributed by atoms with E-state index in [1.54, 1.807) is 0 Å². The maximum atomic E-state index is 13.0. The van der Waals surface area contributed by atoms with E-state index >= 15 is 0 Å². The van der Waals surface area contributed by atoms with E-state index in [4.69, 9.17) is 9.97 Å². The lowest BCUT2D eigenvalue weighted by Gasteiger charge is -2.16. The number of aldehydes is 2. The minimum atomic E-state index is -0.532. The Balaban J connectivity index is 1.81. The zero-order valence-corrected chi connectivity index (χ0v) is 28.1. The van der Waals surface area contributed by atoms with Crippen LogP contribution in [0.2, 0.25) is 0 Å². The van der Waals surface area contributed by atoms with E-state index < -0.39 is 6.04 Å². The highest BCUT2D eigenvalue weighted by atomic mass is 16.2. The molecule has 1 amide bonds. The molecule has 8 heteroatoms. The number of aromatic nitrogens is 4. The monoisotopic (exact) mass is 629 g/mol. The molecule has 47 heavy (non-hydrogen) atoms. The van der Waals surface area contributed by atoms with Crippen molar-refractivity contribution in [1.82, 2.24) is 25.3 Å². The second kappa shape index (κ2) is 13.7. The fraction of sp³-hybridized carbons (Fsp3) is 0.308. The molecule has 242 valence electrons. The van der Waals surface area contributed by atoms with Crippen molar-refractivity contribution in [3.8, 4) is 0 Å². The van der Waals surface area contributed by atoms with Crippen molar-refractivity contribution in [3.05, 3.63) is 88.5 Å². The smallest absolute Gasteiger partial charge is 0.220 e. The van der Waals surface area contributed by atoms with E-state index in [2.05, 4.69) is 41.4 Å². The Morgan fingerprint density at radius 1 is 0.809 bits per heavy atom. The van der Waals surface area contributed by atoms with Gasteiger partial charge in [0.15, 0.2) is 0 Å². The summed E-state index contributed by atoms with van der Waals surface area (Å²) >= 11 is 0. The predicted octanol–water partition coefficient (Wildman–Crippen LogP) is 7.87. The number of allylic oxidation sites excluding steroid dienone is 5. The Morgan fingerprint density at radius 2 is 1.43 bits per heavy atom. The number of hydrogen-bond donors (Lipinski definition) is 3. The summed E-state index contributed by atoms with van der Waals surface area (Å²) in [5, 5.41) is 2.86. The van der Waals surface area contributed by atoms with Gasteiger partial charge in [0.05, 0.1) is 28.8 Å². The Hall–Kier alpha value is -5.11. The summed E-state index contributed by atoms with van der Waals surface area (Å²) in [7, 11) is 0. The van der Waals surface area contributed by atoms with Gasteiger partial charge in [-0.3, -0.25) is 4.79 Å². The Kier molecular flexibility index (Phi) is 9.70. The molecule has 0 aromatic carbocycles. The Morgan fingerprint density at radius 3 is 2.09 bits per heavy atom. The molecule has 8 bridgehead atoms. The molecule has 0 saturated heterocycles.